The molecule has 148 valence electrons. The molecule has 2 aliphatic heterocycles. The molecule has 0 spiro atoms. The zero-order chi connectivity index (χ0) is 19.7. The highest BCUT2D eigenvalue weighted by atomic mass is 16.5. The molecular formula is C22H28N4O2. The number of methoxy groups -OCH3 is 1. The zero-order valence-electron chi connectivity index (χ0n) is 16.9. The second kappa shape index (κ2) is 7.87. The van der Waals surface area contributed by atoms with E-state index in [0.29, 0.717) is 17.2 Å². The van der Waals surface area contributed by atoms with Crippen LogP contribution in [0.1, 0.15) is 51.8 Å². The van der Waals surface area contributed by atoms with Crippen LogP contribution in [0.15, 0.2) is 24.4 Å². The molecule has 0 bridgehead atoms. The Morgan fingerprint density at radius 3 is 2.75 bits per heavy atom. The van der Waals surface area contributed by atoms with Crippen LogP contribution < -0.4 is 4.74 Å². The highest BCUT2D eigenvalue weighted by Crippen LogP contribution is 2.30. The summed E-state index contributed by atoms with van der Waals surface area (Å²) in [5.74, 6) is 2.00. The van der Waals surface area contributed by atoms with Crippen molar-refractivity contribution in [3.8, 4) is 5.75 Å². The monoisotopic (exact) mass is 380 g/mol. The minimum absolute atomic E-state index is 0.0494. The zero-order valence-corrected chi connectivity index (χ0v) is 16.9. The summed E-state index contributed by atoms with van der Waals surface area (Å²) in [6.07, 6.45) is 4.80. The van der Waals surface area contributed by atoms with Gasteiger partial charge in [-0.05, 0) is 38.4 Å². The number of fused-ring (bicyclic) bond motifs is 1. The van der Waals surface area contributed by atoms with Crippen LogP contribution in [-0.2, 0) is 13.0 Å². The number of carbonyl (C=O) groups is 1. The number of likely N-dealkylation sites (N-methyl/N-ethyl adjacent to an activating group) is 1. The van der Waals surface area contributed by atoms with Crippen molar-refractivity contribution in [2.45, 2.75) is 38.6 Å². The predicted octanol–water partition coefficient (Wildman–Crippen LogP) is 2.80. The van der Waals surface area contributed by atoms with Gasteiger partial charge in [0.1, 0.15) is 11.6 Å². The fourth-order valence-electron chi connectivity index (χ4n) is 4.27. The minimum atomic E-state index is 0.0494. The number of aromatic nitrogens is 2. The molecule has 0 aliphatic carbocycles. The first-order chi connectivity index (χ1) is 13.6. The van der Waals surface area contributed by atoms with Crippen LogP contribution in [0.5, 0.6) is 5.75 Å². The highest BCUT2D eigenvalue weighted by molar-refractivity contribution is 5.97. The number of amides is 1. The first-order valence-electron chi connectivity index (χ1n) is 10.0. The molecule has 1 aromatic carbocycles. The SMILES string of the molecule is COc1c(C)cccc1C(=O)N1CCC(c2ncc3c(n2)CCN(C)C3)CC1. The Kier molecular flexibility index (Phi) is 5.31. The molecule has 0 N–H and O–H groups in total. The molecule has 0 radical (unpaired) electrons. The average Bonchev–Trinajstić information content (AvgIpc) is 2.72. The summed E-state index contributed by atoms with van der Waals surface area (Å²) in [4.78, 5) is 26.8. The lowest BCUT2D eigenvalue weighted by atomic mass is 9.94. The molecule has 4 rings (SSSR count). The number of nitrogens with zero attached hydrogens (tertiary/aromatic N) is 4. The van der Waals surface area contributed by atoms with E-state index in [4.69, 9.17) is 9.72 Å². The largest absolute Gasteiger partial charge is 0.496 e. The van der Waals surface area contributed by atoms with Crippen molar-refractivity contribution in [3.63, 3.8) is 0 Å². The van der Waals surface area contributed by atoms with Gasteiger partial charge >= 0.3 is 0 Å². The molecule has 1 saturated heterocycles. The van der Waals surface area contributed by atoms with Gasteiger partial charge in [-0.2, -0.15) is 0 Å². The lowest BCUT2D eigenvalue weighted by Gasteiger charge is -2.32. The van der Waals surface area contributed by atoms with Gasteiger partial charge in [-0.3, -0.25) is 4.79 Å². The fraction of sp³-hybridized carbons (Fsp3) is 0.500. The van der Waals surface area contributed by atoms with Gasteiger partial charge in [0.2, 0.25) is 0 Å². The van der Waals surface area contributed by atoms with Gasteiger partial charge in [0.05, 0.1) is 12.7 Å². The third kappa shape index (κ3) is 3.61. The third-order valence-corrected chi connectivity index (χ3v) is 5.94. The summed E-state index contributed by atoms with van der Waals surface area (Å²) >= 11 is 0. The van der Waals surface area contributed by atoms with Crippen molar-refractivity contribution < 1.29 is 9.53 Å². The van der Waals surface area contributed by atoms with E-state index in [2.05, 4.69) is 16.9 Å². The maximum absolute atomic E-state index is 13.0. The van der Waals surface area contributed by atoms with Crippen molar-refractivity contribution in [2.75, 3.05) is 33.8 Å². The number of rotatable bonds is 3. The van der Waals surface area contributed by atoms with E-state index >= 15 is 0 Å². The quantitative estimate of drug-likeness (QED) is 0.820. The molecule has 2 aromatic rings. The van der Waals surface area contributed by atoms with Crippen LogP contribution in [0.25, 0.3) is 0 Å². The summed E-state index contributed by atoms with van der Waals surface area (Å²) in [6, 6.07) is 5.73. The van der Waals surface area contributed by atoms with Crippen LogP contribution in [0.2, 0.25) is 0 Å². The van der Waals surface area contributed by atoms with Crippen LogP contribution in [0.3, 0.4) is 0 Å². The number of likely N-dealkylation sites (tertiary alicyclic amines) is 1. The number of piperidine rings is 1. The molecule has 0 unspecified atom stereocenters. The highest BCUT2D eigenvalue weighted by Gasteiger charge is 2.28. The Bertz CT molecular complexity index is 875. The number of hydrogen-bond acceptors (Lipinski definition) is 5. The Morgan fingerprint density at radius 1 is 1.21 bits per heavy atom. The summed E-state index contributed by atoms with van der Waals surface area (Å²) in [5, 5.41) is 0. The van der Waals surface area contributed by atoms with Crippen LogP contribution >= 0.6 is 0 Å². The third-order valence-electron chi connectivity index (χ3n) is 5.94. The van der Waals surface area contributed by atoms with Crippen molar-refractivity contribution in [1.29, 1.82) is 0 Å². The Balaban J connectivity index is 1.44. The number of aryl methyl sites for hydroxylation is 1. The smallest absolute Gasteiger partial charge is 0.257 e. The molecule has 0 atom stereocenters. The van der Waals surface area contributed by atoms with Crippen LogP contribution in [-0.4, -0.2) is 59.5 Å². The lowest BCUT2D eigenvalue weighted by molar-refractivity contribution is 0.0707. The van der Waals surface area contributed by atoms with E-state index in [1.807, 2.05) is 36.2 Å². The first kappa shape index (κ1) is 18.9. The van der Waals surface area contributed by atoms with Gasteiger partial charge in [-0.15, -0.1) is 0 Å². The van der Waals surface area contributed by atoms with E-state index in [1.54, 1.807) is 7.11 Å². The maximum Gasteiger partial charge on any atom is 0.257 e. The standard InChI is InChI=1S/C22H28N4O2/c1-15-5-4-6-18(20(15)28-3)22(27)26-11-7-16(8-12-26)21-23-13-17-14-25(2)10-9-19(17)24-21/h4-6,13,16H,7-12,14H2,1-3H3. The number of benzene rings is 1. The molecule has 0 saturated carbocycles. The van der Waals surface area contributed by atoms with Crippen LogP contribution in [0, 0.1) is 6.92 Å². The van der Waals surface area contributed by atoms with E-state index < -0.39 is 0 Å². The minimum Gasteiger partial charge on any atom is -0.496 e. The number of hydrogen-bond donors (Lipinski definition) is 0. The molecule has 1 fully saturated rings. The summed E-state index contributed by atoms with van der Waals surface area (Å²) in [7, 11) is 3.75. The number of ether oxygens (including phenoxy) is 1. The number of carbonyl (C=O) groups excluding carboxylic acids is 1. The molecule has 1 aromatic heterocycles. The van der Waals surface area contributed by atoms with E-state index in [1.165, 1.54) is 11.3 Å². The summed E-state index contributed by atoms with van der Waals surface area (Å²) < 4.78 is 5.47. The van der Waals surface area contributed by atoms with Gasteiger partial charge in [-0.1, -0.05) is 12.1 Å². The van der Waals surface area contributed by atoms with Crippen molar-refractivity contribution in [3.05, 3.63) is 52.6 Å². The summed E-state index contributed by atoms with van der Waals surface area (Å²) in [5.41, 5.74) is 4.08. The van der Waals surface area contributed by atoms with Gasteiger partial charge in [0.25, 0.3) is 5.91 Å². The van der Waals surface area contributed by atoms with Gasteiger partial charge in [0.15, 0.2) is 0 Å². The Morgan fingerprint density at radius 2 is 2.00 bits per heavy atom. The second-order valence-electron chi connectivity index (χ2n) is 7.91. The second-order valence-corrected chi connectivity index (χ2v) is 7.91. The lowest BCUT2D eigenvalue weighted by Crippen LogP contribution is -2.38. The Hall–Kier alpha value is -2.47. The molecule has 3 heterocycles. The fourth-order valence-corrected chi connectivity index (χ4v) is 4.27. The van der Waals surface area contributed by atoms with Gasteiger partial charge in [0, 0.05) is 56.0 Å². The van der Waals surface area contributed by atoms with Crippen molar-refractivity contribution in [2.24, 2.45) is 0 Å². The Labute approximate surface area is 166 Å². The number of para-hydroxylation sites is 1. The molecule has 6 nitrogen and oxygen atoms in total. The molecule has 1 amide bonds. The molecule has 28 heavy (non-hydrogen) atoms. The molecule has 2 aliphatic rings. The molecular weight excluding hydrogens is 352 g/mol. The normalized spacial score (nSPS) is 18.0. The first-order valence-corrected chi connectivity index (χ1v) is 10.0. The van der Waals surface area contributed by atoms with Gasteiger partial charge < -0.3 is 14.5 Å². The van der Waals surface area contributed by atoms with Crippen molar-refractivity contribution >= 4 is 5.91 Å². The summed E-state index contributed by atoms with van der Waals surface area (Å²) in [6.45, 7) is 5.40. The average molecular weight is 380 g/mol. The predicted molar refractivity (Wildman–Crippen MR) is 108 cm³/mol. The van der Waals surface area contributed by atoms with Crippen molar-refractivity contribution in [1.82, 2.24) is 19.8 Å². The topological polar surface area (TPSA) is 58.6 Å². The van der Waals surface area contributed by atoms with E-state index in [9.17, 15) is 4.79 Å². The van der Waals surface area contributed by atoms with E-state index in [0.717, 1.165) is 56.8 Å². The van der Waals surface area contributed by atoms with Gasteiger partial charge in [-0.25, -0.2) is 9.97 Å². The van der Waals surface area contributed by atoms with E-state index in [-0.39, 0.29) is 5.91 Å². The van der Waals surface area contributed by atoms with Crippen LogP contribution in [0.4, 0.5) is 0 Å². The maximum atomic E-state index is 13.0. The molecule has 6 heteroatoms.